The molecule has 3 aromatic rings. The van der Waals surface area contributed by atoms with E-state index >= 15 is 0 Å². The topological polar surface area (TPSA) is 98.9 Å². The van der Waals surface area contributed by atoms with Gasteiger partial charge >= 0.3 is 0 Å². The van der Waals surface area contributed by atoms with Gasteiger partial charge in [-0.3, -0.25) is 9.48 Å². The lowest BCUT2D eigenvalue weighted by Gasteiger charge is -2.07. The van der Waals surface area contributed by atoms with E-state index in [1.165, 1.54) is 18.6 Å². The van der Waals surface area contributed by atoms with Crippen molar-refractivity contribution < 1.29 is 13.2 Å². The smallest absolute Gasteiger partial charge is 0.281 e. The fourth-order valence-corrected chi connectivity index (χ4v) is 4.16. The molecule has 3 heterocycles. The number of carbonyl (C=O) groups is 1. The van der Waals surface area contributed by atoms with Crippen LogP contribution in [0, 0.1) is 0 Å². The molecule has 0 bridgehead atoms. The average Bonchev–Trinajstić information content (AvgIpc) is 3.31. The molecule has 0 spiro atoms. The summed E-state index contributed by atoms with van der Waals surface area (Å²) in [6, 6.07) is 9.66. The molecular weight excluding hydrogens is 354 g/mol. The summed E-state index contributed by atoms with van der Waals surface area (Å²) in [7, 11) is -3.98. The number of hydrogen-bond donors (Lipinski definition) is 1. The zero-order valence-electron chi connectivity index (χ0n) is 13.9. The van der Waals surface area contributed by atoms with Gasteiger partial charge in [0.2, 0.25) is 0 Å². The number of fused-ring (bicyclic) bond motifs is 1. The van der Waals surface area contributed by atoms with Crippen LogP contribution in [0.3, 0.4) is 0 Å². The van der Waals surface area contributed by atoms with Crippen molar-refractivity contribution >= 4 is 15.9 Å². The third-order valence-corrected chi connectivity index (χ3v) is 5.60. The highest BCUT2D eigenvalue weighted by Gasteiger charge is 2.27. The molecule has 1 aliphatic heterocycles. The van der Waals surface area contributed by atoms with E-state index in [4.69, 9.17) is 0 Å². The molecule has 0 saturated heterocycles. The zero-order valence-corrected chi connectivity index (χ0v) is 14.7. The summed E-state index contributed by atoms with van der Waals surface area (Å²) < 4.78 is 30.4. The van der Waals surface area contributed by atoms with Crippen molar-refractivity contribution in [2.75, 3.05) is 0 Å². The number of hydrogen-bond acceptors (Lipinski definition) is 5. The van der Waals surface area contributed by atoms with E-state index in [9.17, 15) is 13.2 Å². The Morgan fingerprint density at radius 2 is 2.00 bits per heavy atom. The van der Waals surface area contributed by atoms with E-state index in [-0.39, 0.29) is 10.6 Å². The molecule has 0 atom stereocenters. The van der Waals surface area contributed by atoms with Crippen LogP contribution in [0.4, 0.5) is 0 Å². The molecule has 8 nitrogen and oxygen atoms in total. The number of aryl methyl sites for hydroxylation is 1. The lowest BCUT2D eigenvalue weighted by atomic mass is 10.2. The Labute approximate surface area is 150 Å². The summed E-state index contributed by atoms with van der Waals surface area (Å²) in [6.45, 7) is 1.09. The molecule has 1 amide bonds. The molecule has 0 radical (unpaired) electrons. The predicted molar refractivity (Wildman–Crippen MR) is 93.0 cm³/mol. The van der Waals surface area contributed by atoms with Crippen LogP contribution in [-0.2, 0) is 29.5 Å². The van der Waals surface area contributed by atoms with E-state index in [1.54, 1.807) is 9.25 Å². The molecule has 26 heavy (non-hydrogen) atoms. The normalized spacial score (nSPS) is 13.5. The summed E-state index contributed by atoms with van der Waals surface area (Å²) in [5.41, 5.74) is 1.22. The summed E-state index contributed by atoms with van der Waals surface area (Å²) in [4.78, 5) is 16.5. The molecular formula is C17H17N5O3S. The monoisotopic (exact) mass is 371 g/mol. The number of sulfonamides is 1. The van der Waals surface area contributed by atoms with Crippen molar-refractivity contribution in [2.24, 2.45) is 0 Å². The highest BCUT2D eigenvalue weighted by atomic mass is 32.2. The van der Waals surface area contributed by atoms with Gasteiger partial charge < -0.3 is 4.57 Å². The molecule has 2 aromatic heterocycles. The minimum absolute atomic E-state index is 0.0232. The second-order valence-electron chi connectivity index (χ2n) is 6.11. The molecule has 134 valence electrons. The highest BCUT2D eigenvalue weighted by Crippen LogP contribution is 2.19. The maximum absolute atomic E-state index is 12.5. The summed E-state index contributed by atoms with van der Waals surface area (Å²) in [5, 5.41) is 4.15. The molecule has 9 heteroatoms. The Morgan fingerprint density at radius 1 is 1.19 bits per heavy atom. The van der Waals surface area contributed by atoms with Crippen molar-refractivity contribution in [3.8, 4) is 0 Å². The van der Waals surface area contributed by atoms with Crippen molar-refractivity contribution in [3.05, 3.63) is 65.9 Å². The molecule has 1 aromatic carbocycles. The quantitative estimate of drug-likeness (QED) is 0.726. The number of amides is 1. The van der Waals surface area contributed by atoms with Gasteiger partial charge in [0.25, 0.3) is 15.9 Å². The van der Waals surface area contributed by atoms with Gasteiger partial charge in [0.05, 0.1) is 24.5 Å². The number of nitrogens with one attached hydrogen (secondary N) is 1. The number of benzene rings is 1. The van der Waals surface area contributed by atoms with Gasteiger partial charge in [0.1, 0.15) is 5.82 Å². The minimum atomic E-state index is -3.98. The van der Waals surface area contributed by atoms with Gasteiger partial charge in [0.15, 0.2) is 5.03 Å². The van der Waals surface area contributed by atoms with Gasteiger partial charge in [-0.05, 0) is 12.0 Å². The van der Waals surface area contributed by atoms with Crippen molar-refractivity contribution in [3.63, 3.8) is 0 Å². The van der Waals surface area contributed by atoms with Crippen molar-refractivity contribution in [1.29, 1.82) is 0 Å². The number of rotatable bonds is 5. The van der Waals surface area contributed by atoms with E-state index in [1.807, 2.05) is 30.3 Å². The first-order valence-electron chi connectivity index (χ1n) is 8.21. The number of imidazole rings is 1. The molecule has 1 aliphatic rings. The molecule has 0 saturated carbocycles. The molecule has 4 rings (SSSR count). The Hall–Kier alpha value is -2.94. The minimum Gasteiger partial charge on any atom is -0.318 e. The molecule has 0 unspecified atom stereocenters. The fourth-order valence-electron chi connectivity index (χ4n) is 3.02. The molecule has 0 aliphatic carbocycles. The average molecular weight is 371 g/mol. The number of nitrogens with zero attached hydrogens (tertiary/aromatic N) is 4. The van der Waals surface area contributed by atoms with Crippen LogP contribution in [0.15, 0.2) is 53.9 Å². The first kappa shape index (κ1) is 16.5. The van der Waals surface area contributed by atoms with Crippen LogP contribution in [0.2, 0.25) is 0 Å². The first-order valence-corrected chi connectivity index (χ1v) is 9.69. The van der Waals surface area contributed by atoms with Gasteiger partial charge in [-0.25, -0.2) is 9.71 Å². The molecule has 0 fully saturated rings. The van der Waals surface area contributed by atoms with Crippen LogP contribution >= 0.6 is 0 Å². The van der Waals surface area contributed by atoms with Crippen molar-refractivity contribution in [1.82, 2.24) is 24.1 Å². The van der Waals surface area contributed by atoms with E-state index in [0.29, 0.717) is 13.1 Å². The van der Waals surface area contributed by atoms with Crippen LogP contribution in [-0.4, -0.2) is 33.7 Å². The van der Waals surface area contributed by atoms with Crippen LogP contribution in [0.5, 0.6) is 0 Å². The first-order chi connectivity index (χ1) is 12.5. The number of aromatic nitrogens is 4. The largest absolute Gasteiger partial charge is 0.318 e. The molecule has 1 N–H and O–H groups in total. The second-order valence-corrected chi connectivity index (χ2v) is 7.74. The van der Waals surface area contributed by atoms with Gasteiger partial charge in [-0.1, -0.05) is 30.3 Å². The van der Waals surface area contributed by atoms with Gasteiger partial charge in [-0.15, -0.1) is 0 Å². The Kier molecular flexibility index (Phi) is 4.08. The fraction of sp³-hybridized carbons (Fsp3) is 0.235. The van der Waals surface area contributed by atoms with E-state index < -0.39 is 15.9 Å². The lowest BCUT2D eigenvalue weighted by Crippen LogP contribution is -2.31. The predicted octanol–water partition coefficient (Wildman–Crippen LogP) is 1.19. The summed E-state index contributed by atoms with van der Waals surface area (Å²) >= 11 is 0. The highest BCUT2D eigenvalue weighted by molar-refractivity contribution is 7.90. The standard InChI is InChI=1S/C17H17N5O3S/c23-17(14-9-19-21(12-14)11-13-5-2-1-3-6-13)20-26(24,25)16-10-18-15-7-4-8-22(15)16/h1-3,5-6,9-10,12H,4,7-8,11H2,(H,20,23). The summed E-state index contributed by atoms with van der Waals surface area (Å²) in [6.07, 6.45) is 5.78. The third-order valence-electron chi connectivity index (χ3n) is 4.27. The Morgan fingerprint density at radius 3 is 2.81 bits per heavy atom. The number of carbonyl (C=O) groups excluding carboxylic acids is 1. The van der Waals surface area contributed by atoms with Gasteiger partial charge in [0, 0.05) is 19.2 Å². The summed E-state index contributed by atoms with van der Waals surface area (Å²) in [5.74, 6) is 0.0198. The third kappa shape index (κ3) is 3.13. The van der Waals surface area contributed by atoms with Crippen molar-refractivity contribution in [2.45, 2.75) is 31.0 Å². The second kappa shape index (κ2) is 6.41. The van der Waals surface area contributed by atoms with Gasteiger partial charge in [-0.2, -0.15) is 13.5 Å². The van der Waals surface area contributed by atoms with E-state index in [0.717, 1.165) is 24.2 Å². The Bertz CT molecular complexity index is 1050. The lowest BCUT2D eigenvalue weighted by molar-refractivity contribution is 0.0981. The zero-order chi connectivity index (χ0) is 18.1. The van der Waals surface area contributed by atoms with Crippen LogP contribution in [0.1, 0.15) is 28.2 Å². The van der Waals surface area contributed by atoms with E-state index in [2.05, 4.69) is 14.8 Å². The Balaban J connectivity index is 1.49. The van der Waals surface area contributed by atoms with Crippen LogP contribution in [0.25, 0.3) is 0 Å². The van der Waals surface area contributed by atoms with Crippen LogP contribution < -0.4 is 4.72 Å². The SMILES string of the molecule is O=C(NS(=O)(=O)c1cnc2n1CCC2)c1cnn(Cc2ccccc2)c1. The maximum atomic E-state index is 12.5. The maximum Gasteiger partial charge on any atom is 0.281 e.